The molecule has 2 aromatic carbocycles. The maximum Gasteiger partial charge on any atom is 0.225 e. The molecule has 1 aromatic heterocycles. The van der Waals surface area contributed by atoms with Gasteiger partial charge in [0.05, 0.1) is 0 Å². The van der Waals surface area contributed by atoms with E-state index >= 15 is 0 Å². The van der Waals surface area contributed by atoms with E-state index in [1.54, 1.807) is 25.5 Å². The molecule has 0 spiro atoms. The summed E-state index contributed by atoms with van der Waals surface area (Å²) in [7, 11) is 1.80. The molecule has 1 fully saturated rings. The second-order valence-electron chi connectivity index (χ2n) is 7.49. The molecular formula is C24H27FN6O. The van der Waals surface area contributed by atoms with E-state index in [0.29, 0.717) is 13.2 Å². The minimum absolute atomic E-state index is 0.254. The number of guanidine groups is 1. The van der Waals surface area contributed by atoms with E-state index < -0.39 is 0 Å². The van der Waals surface area contributed by atoms with E-state index in [-0.39, 0.29) is 5.82 Å². The summed E-state index contributed by atoms with van der Waals surface area (Å²) in [6, 6.07) is 16.2. The SMILES string of the molecule is CN=C(NCc1ccc(OCc2cccc(F)c2)cc1)N1CCN(c2ncccn2)CC1. The number of halogens is 1. The van der Waals surface area contributed by atoms with Crippen LogP contribution >= 0.6 is 0 Å². The summed E-state index contributed by atoms with van der Waals surface area (Å²) in [6.07, 6.45) is 3.54. The number of benzene rings is 2. The fourth-order valence-electron chi connectivity index (χ4n) is 3.58. The van der Waals surface area contributed by atoms with Crippen molar-refractivity contribution in [1.82, 2.24) is 20.2 Å². The summed E-state index contributed by atoms with van der Waals surface area (Å²) in [5.74, 6) is 2.15. The Morgan fingerprint density at radius 3 is 2.44 bits per heavy atom. The van der Waals surface area contributed by atoms with E-state index in [1.165, 1.54) is 12.1 Å². The third-order valence-corrected chi connectivity index (χ3v) is 5.29. The Hall–Kier alpha value is -3.68. The van der Waals surface area contributed by atoms with Crippen molar-refractivity contribution in [2.75, 3.05) is 38.1 Å². The monoisotopic (exact) mass is 434 g/mol. The molecule has 166 valence electrons. The van der Waals surface area contributed by atoms with E-state index in [2.05, 4.69) is 30.1 Å². The highest BCUT2D eigenvalue weighted by atomic mass is 19.1. The molecule has 0 unspecified atom stereocenters. The van der Waals surface area contributed by atoms with Crippen molar-refractivity contribution in [3.05, 3.63) is 83.9 Å². The van der Waals surface area contributed by atoms with Gasteiger partial charge < -0.3 is 19.9 Å². The van der Waals surface area contributed by atoms with Gasteiger partial charge in [-0.1, -0.05) is 24.3 Å². The van der Waals surface area contributed by atoms with Gasteiger partial charge in [0.2, 0.25) is 5.95 Å². The molecule has 1 aliphatic heterocycles. The highest BCUT2D eigenvalue weighted by molar-refractivity contribution is 5.80. The van der Waals surface area contributed by atoms with Crippen molar-refractivity contribution in [3.8, 4) is 5.75 Å². The van der Waals surface area contributed by atoms with Crippen LogP contribution in [0.2, 0.25) is 0 Å². The third kappa shape index (κ3) is 5.72. The van der Waals surface area contributed by atoms with Crippen LogP contribution in [0.15, 0.2) is 72.0 Å². The molecule has 0 atom stereocenters. The molecule has 1 saturated heterocycles. The van der Waals surface area contributed by atoms with Gasteiger partial charge >= 0.3 is 0 Å². The predicted octanol–water partition coefficient (Wildman–Crippen LogP) is 3.09. The summed E-state index contributed by atoms with van der Waals surface area (Å²) in [5, 5.41) is 3.44. The minimum atomic E-state index is -0.254. The smallest absolute Gasteiger partial charge is 0.225 e. The summed E-state index contributed by atoms with van der Waals surface area (Å²) in [4.78, 5) is 17.5. The van der Waals surface area contributed by atoms with Crippen LogP contribution in [-0.4, -0.2) is 54.1 Å². The normalized spacial score (nSPS) is 14.4. The molecule has 4 rings (SSSR count). The van der Waals surface area contributed by atoms with Crippen LogP contribution in [0.3, 0.4) is 0 Å². The maximum absolute atomic E-state index is 13.3. The predicted molar refractivity (Wildman–Crippen MR) is 123 cm³/mol. The van der Waals surface area contributed by atoms with Crippen molar-refractivity contribution in [1.29, 1.82) is 0 Å². The minimum Gasteiger partial charge on any atom is -0.489 e. The van der Waals surface area contributed by atoms with Crippen LogP contribution in [0, 0.1) is 5.82 Å². The highest BCUT2D eigenvalue weighted by Crippen LogP contribution is 2.15. The molecule has 0 saturated carbocycles. The number of anilines is 1. The molecule has 32 heavy (non-hydrogen) atoms. The van der Waals surface area contributed by atoms with Gasteiger partial charge in [0, 0.05) is 52.2 Å². The lowest BCUT2D eigenvalue weighted by molar-refractivity contribution is 0.305. The van der Waals surface area contributed by atoms with Crippen molar-refractivity contribution >= 4 is 11.9 Å². The molecule has 7 nitrogen and oxygen atoms in total. The van der Waals surface area contributed by atoms with E-state index in [1.807, 2.05) is 36.4 Å². The first-order valence-electron chi connectivity index (χ1n) is 10.6. The summed E-state index contributed by atoms with van der Waals surface area (Å²) in [5.41, 5.74) is 1.93. The van der Waals surface area contributed by atoms with Crippen LogP contribution in [-0.2, 0) is 13.2 Å². The van der Waals surface area contributed by atoms with E-state index in [4.69, 9.17) is 4.74 Å². The Kier molecular flexibility index (Phi) is 7.12. The maximum atomic E-state index is 13.3. The largest absolute Gasteiger partial charge is 0.489 e. The molecule has 1 N–H and O–H groups in total. The molecule has 0 bridgehead atoms. The number of piperazine rings is 1. The van der Waals surface area contributed by atoms with Gasteiger partial charge in [-0.05, 0) is 41.5 Å². The number of nitrogens with one attached hydrogen (secondary N) is 1. The van der Waals surface area contributed by atoms with Crippen LogP contribution in [0.4, 0.5) is 10.3 Å². The van der Waals surface area contributed by atoms with Crippen LogP contribution in [0.5, 0.6) is 5.75 Å². The van der Waals surface area contributed by atoms with Crippen molar-refractivity contribution < 1.29 is 9.13 Å². The number of hydrogen-bond donors (Lipinski definition) is 1. The molecule has 0 aliphatic carbocycles. The van der Waals surface area contributed by atoms with E-state index in [9.17, 15) is 4.39 Å². The molecule has 1 aliphatic rings. The standard InChI is InChI=1S/C24H27FN6O/c1-26-23(30-12-14-31(15-13-30)24-27-10-3-11-28-24)29-17-19-6-8-22(9-7-19)32-18-20-4-2-5-21(25)16-20/h2-11,16H,12-15,17-18H2,1H3,(H,26,29). The average Bonchev–Trinajstić information content (AvgIpc) is 2.85. The summed E-state index contributed by atoms with van der Waals surface area (Å²) >= 11 is 0. The van der Waals surface area contributed by atoms with E-state index in [0.717, 1.165) is 55.0 Å². The van der Waals surface area contributed by atoms with Gasteiger partial charge in [-0.15, -0.1) is 0 Å². The van der Waals surface area contributed by atoms with Gasteiger partial charge in [-0.25, -0.2) is 14.4 Å². The Labute approximate surface area is 187 Å². The number of nitrogens with zero attached hydrogens (tertiary/aromatic N) is 5. The fourth-order valence-corrected chi connectivity index (χ4v) is 3.58. The quantitative estimate of drug-likeness (QED) is 0.475. The number of aromatic nitrogens is 2. The Morgan fingerprint density at radius 1 is 1.00 bits per heavy atom. The number of rotatable bonds is 6. The lowest BCUT2D eigenvalue weighted by atomic mass is 10.2. The molecule has 3 aromatic rings. The highest BCUT2D eigenvalue weighted by Gasteiger charge is 2.20. The van der Waals surface area contributed by atoms with Gasteiger partial charge in [0.1, 0.15) is 18.2 Å². The second-order valence-corrected chi connectivity index (χ2v) is 7.49. The van der Waals surface area contributed by atoms with Crippen LogP contribution in [0.25, 0.3) is 0 Å². The van der Waals surface area contributed by atoms with Gasteiger partial charge in [-0.3, -0.25) is 4.99 Å². The van der Waals surface area contributed by atoms with Crippen LogP contribution in [0.1, 0.15) is 11.1 Å². The zero-order valence-electron chi connectivity index (χ0n) is 18.1. The first-order valence-corrected chi connectivity index (χ1v) is 10.6. The van der Waals surface area contributed by atoms with Gasteiger partial charge in [0.25, 0.3) is 0 Å². The lowest BCUT2D eigenvalue weighted by Gasteiger charge is -2.36. The molecule has 0 radical (unpaired) electrons. The first-order chi connectivity index (χ1) is 15.7. The number of hydrogen-bond acceptors (Lipinski definition) is 5. The van der Waals surface area contributed by atoms with Crippen molar-refractivity contribution in [3.63, 3.8) is 0 Å². The lowest BCUT2D eigenvalue weighted by Crippen LogP contribution is -2.52. The van der Waals surface area contributed by atoms with Gasteiger partial charge in [0.15, 0.2) is 5.96 Å². The van der Waals surface area contributed by atoms with Crippen LogP contribution < -0.4 is 15.0 Å². The topological polar surface area (TPSA) is 65.9 Å². The zero-order chi connectivity index (χ0) is 22.2. The number of ether oxygens (including phenoxy) is 1. The Bertz CT molecular complexity index is 1020. The van der Waals surface area contributed by atoms with Gasteiger partial charge in [-0.2, -0.15) is 0 Å². The van der Waals surface area contributed by atoms with Crippen molar-refractivity contribution in [2.24, 2.45) is 4.99 Å². The molecule has 0 amide bonds. The zero-order valence-corrected chi connectivity index (χ0v) is 18.1. The summed E-state index contributed by atoms with van der Waals surface area (Å²) in [6.45, 7) is 4.40. The molecule has 2 heterocycles. The Morgan fingerprint density at radius 2 is 1.75 bits per heavy atom. The number of aliphatic imine (C=N–C) groups is 1. The first kappa shape index (κ1) is 21.5. The molecular weight excluding hydrogens is 407 g/mol. The van der Waals surface area contributed by atoms with Crippen molar-refractivity contribution in [2.45, 2.75) is 13.2 Å². The fraction of sp³-hybridized carbons (Fsp3) is 0.292. The summed E-state index contributed by atoms with van der Waals surface area (Å²) < 4.78 is 19.0. The second kappa shape index (κ2) is 10.6. The Balaban J connectivity index is 1.24. The third-order valence-electron chi connectivity index (χ3n) is 5.29. The average molecular weight is 435 g/mol. The molecule has 8 heteroatoms.